The van der Waals surface area contributed by atoms with E-state index in [0.717, 1.165) is 19.3 Å². The average Bonchev–Trinajstić information content (AvgIpc) is 1.66. The van der Waals surface area contributed by atoms with Gasteiger partial charge in [0.25, 0.3) is 0 Å². The average molecular weight is 311 g/mol. The molecule has 0 bridgehead atoms. The molecule has 9 heavy (non-hydrogen) atoms. The minimum absolute atomic E-state index is 0. The minimum Gasteiger partial charge on any atom is -0.481 e. The Morgan fingerprint density at radius 1 is 1.44 bits per heavy atom. The number of rotatable bonds is 4. The zero-order chi connectivity index (χ0) is 6.41. The third-order valence-electron chi connectivity index (χ3n) is 0.994. The van der Waals surface area contributed by atoms with Crippen molar-refractivity contribution in [2.45, 2.75) is 32.6 Å². The van der Waals surface area contributed by atoms with Crippen molar-refractivity contribution in [3.05, 3.63) is 0 Å². The molecule has 3 heteroatoms. The molecule has 0 aliphatic heterocycles. The van der Waals surface area contributed by atoms with Crippen LogP contribution in [0.25, 0.3) is 0 Å². The summed E-state index contributed by atoms with van der Waals surface area (Å²) in [6.45, 7) is 2.06. The Balaban J connectivity index is 0. The Bertz CT molecular complexity index is 73.5. The van der Waals surface area contributed by atoms with E-state index in [0.29, 0.717) is 6.42 Å². The molecule has 0 fully saturated rings. The number of carboxylic acid groups (broad SMARTS) is 1. The number of hydrogen-bond donors (Lipinski definition) is 1. The Hall–Kier alpha value is 0.158. The molecule has 0 aliphatic carbocycles. The van der Waals surface area contributed by atoms with Gasteiger partial charge in [0, 0.05) is 27.5 Å². The van der Waals surface area contributed by atoms with Gasteiger partial charge in [0.05, 0.1) is 0 Å². The Morgan fingerprint density at radius 3 is 2.33 bits per heavy atom. The van der Waals surface area contributed by atoms with E-state index in [9.17, 15) is 4.79 Å². The smallest absolute Gasteiger partial charge is 0.303 e. The molecular formula is C6H12O2Pt. The van der Waals surface area contributed by atoms with Crippen LogP contribution in [0.2, 0.25) is 0 Å². The van der Waals surface area contributed by atoms with Crippen molar-refractivity contribution in [1.82, 2.24) is 0 Å². The maximum Gasteiger partial charge on any atom is 0.303 e. The Kier molecular flexibility index (Phi) is 10.8. The van der Waals surface area contributed by atoms with E-state index in [1.807, 2.05) is 0 Å². The van der Waals surface area contributed by atoms with E-state index in [4.69, 9.17) is 5.11 Å². The van der Waals surface area contributed by atoms with Gasteiger partial charge in [-0.3, -0.25) is 4.79 Å². The number of aliphatic carboxylic acids is 1. The number of unbranched alkanes of at least 4 members (excludes halogenated alkanes) is 2. The van der Waals surface area contributed by atoms with Gasteiger partial charge < -0.3 is 5.11 Å². The molecule has 0 saturated carbocycles. The van der Waals surface area contributed by atoms with Crippen molar-refractivity contribution < 1.29 is 31.0 Å². The molecule has 1 N–H and O–H groups in total. The first-order chi connectivity index (χ1) is 3.77. The van der Waals surface area contributed by atoms with Crippen LogP contribution in [0.5, 0.6) is 0 Å². The summed E-state index contributed by atoms with van der Waals surface area (Å²) in [5.74, 6) is -0.682. The topological polar surface area (TPSA) is 37.3 Å². The van der Waals surface area contributed by atoms with Crippen molar-refractivity contribution in [2.24, 2.45) is 0 Å². The van der Waals surface area contributed by atoms with Crippen molar-refractivity contribution in [1.29, 1.82) is 0 Å². The molecular weight excluding hydrogens is 299 g/mol. The van der Waals surface area contributed by atoms with Gasteiger partial charge in [-0.25, -0.2) is 0 Å². The van der Waals surface area contributed by atoms with Crippen LogP contribution in [-0.2, 0) is 25.9 Å². The van der Waals surface area contributed by atoms with E-state index in [-0.39, 0.29) is 21.1 Å². The number of hydrogen-bond acceptors (Lipinski definition) is 1. The normalized spacial score (nSPS) is 8.11. The predicted molar refractivity (Wildman–Crippen MR) is 31.8 cm³/mol. The van der Waals surface area contributed by atoms with Crippen molar-refractivity contribution in [2.75, 3.05) is 0 Å². The van der Waals surface area contributed by atoms with Crippen LogP contribution >= 0.6 is 0 Å². The van der Waals surface area contributed by atoms with Crippen molar-refractivity contribution in [3.63, 3.8) is 0 Å². The monoisotopic (exact) mass is 311 g/mol. The summed E-state index contributed by atoms with van der Waals surface area (Å²) in [4.78, 5) is 9.87. The van der Waals surface area contributed by atoms with Crippen LogP contribution in [0.3, 0.4) is 0 Å². The first-order valence-corrected chi connectivity index (χ1v) is 2.99. The summed E-state index contributed by atoms with van der Waals surface area (Å²) in [6, 6.07) is 0. The van der Waals surface area contributed by atoms with Gasteiger partial charge in [-0.2, -0.15) is 0 Å². The predicted octanol–water partition coefficient (Wildman–Crippen LogP) is 1.65. The van der Waals surface area contributed by atoms with Crippen LogP contribution in [0, 0.1) is 0 Å². The summed E-state index contributed by atoms with van der Waals surface area (Å²) in [5.41, 5.74) is 0. The van der Waals surface area contributed by atoms with E-state index in [1.165, 1.54) is 0 Å². The van der Waals surface area contributed by atoms with E-state index in [1.54, 1.807) is 0 Å². The van der Waals surface area contributed by atoms with E-state index in [2.05, 4.69) is 6.92 Å². The molecule has 0 rings (SSSR count). The van der Waals surface area contributed by atoms with Gasteiger partial charge >= 0.3 is 5.97 Å². The van der Waals surface area contributed by atoms with Crippen LogP contribution in [0.1, 0.15) is 32.6 Å². The van der Waals surface area contributed by atoms with Crippen LogP contribution in [-0.4, -0.2) is 11.1 Å². The summed E-state index contributed by atoms with van der Waals surface area (Å²) >= 11 is 0. The summed E-state index contributed by atoms with van der Waals surface area (Å²) < 4.78 is 0. The molecule has 0 aromatic rings. The molecule has 0 spiro atoms. The molecule has 0 aromatic heterocycles. The maximum atomic E-state index is 9.87. The first-order valence-electron chi connectivity index (χ1n) is 2.99. The zero-order valence-corrected chi connectivity index (χ0v) is 7.77. The summed E-state index contributed by atoms with van der Waals surface area (Å²) in [5, 5.41) is 8.14. The standard InChI is InChI=1S/C6H12O2.Pt/c1-2-3-4-5-6(7)8;/h2-5H2,1H3,(H,7,8);. The van der Waals surface area contributed by atoms with E-state index < -0.39 is 5.97 Å². The molecule has 0 amide bonds. The van der Waals surface area contributed by atoms with Crippen molar-refractivity contribution >= 4 is 5.97 Å². The number of carboxylic acids is 1. The summed E-state index contributed by atoms with van der Waals surface area (Å²) in [7, 11) is 0. The second-order valence-corrected chi connectivity index (χ2v) is 1.85. The Morgan fingerprint density at radius 2 is 2.00 bits per heavy atom. The first kappa shape index (κ1) is 11.9. The third-order valence-corrected chi connectivity index (χ3v) is 0.994. The molecule has 58 valence electrons. The SMILES string of the molecule is CCCCCC(=O)O.[Pt]. The largest absolute Gasteiger partial charge is 0.481 e. The molecule has 2 nitrogen and oxygen atoms in total. The zero-order valence-electron chi connectivity index (χ0n) is 5.50. The van der Waals surface area contributed by atoms with Gasteiger partial charge in [0.15, 0.2) is 0 Å². The van der Waals surface area contributed by atoms with Gasteiger partial charge in [-0.05, 0) is 6.42 Å². The second kappa shape index (κ2) is 8.16. The summed E-state index contributed by atoms with van der Waals surface area (Å²) in [6.07, 6.45) is 3.28. The van der Waals surface area contributed by atoms with E-state index >= 15 is 0 Å². The molecule has 0 saturated heterocycles. The molecule has 0 atom stereocenters. The second-order valence-electron chi connectivity index (χ2n) is 1.85. The molecule has 0 unspecified atom stereocenters. The minimum atomic E-state index is -0.682. The molecule has 0 heterocycles. The molecule has 0 radical (unpaired) electrons. The van der Waals surface area contributed by atoms with Crippen LogP contribution < -0.4 is 0 Å². The van der Waals surface area contributed by atoms with Gasteiger partial charge in [-0.15, -0.1) is 0 Å². The van der Waals surface area contributed by atoms with Gasteiger partial charge in [-0.1, -0.05) is 19.8 Å². The molecule has 0 aliphatic rings. The van der Waals surface area contributed by atoms with Crippen LogP contribution in [0.4, 0.5) is 0 Å². The third kappa shape index (κ3) is 11.6. The Labute approximate surface area is 69.9 Å². The number of carbonyl (C=O) groups is 1. The fourth-order valence-corrected chi connectivity index (χ4v) is 0.526. The van der Waals surface area contributed by atoms with Crippen molar-refractivity contribution in [3.8, 4) is 0 Å². The quantitative estimate of drug-likeness (QED) is 0.802. The molecule has 0 aromatic carbocycles. The van der Waals surface area contributed by atoms with Crippen LogP contribution in [0.15, 0.2) is 0 Å². The fourth-order valence-electron chi connectivity index (χ4n) is 0.526. The maximum absolute atomic E-state index is 9.87. The van der Waals surface area contributed by atoms with Gasteiger partial charge in [0.1, 0.15) is 0 Å². The fraction of sp³-hybridized carbons (Fsp3) is 0.833. The van der Waals surface area contributed by atoms with Gasteiger partial charge in [0.2, 0.25) is 0 Å².